The molecule has 1 amide bonds. The van der Waals surface area contributed by atoms with Crippen molar-refractivity contribution in [3.8, 4) is 11.5 Å². The Hall–Kier alpha value is -3.49. The smallest absolute Gasteiger partial charge is 0.267 e. The second-order valence-electron chi connectivity index (χ2n) is 6.93. The average Bonchev–Trinajstić information content (AvgIpc) is 3.25. The number of hydrogen-bond donors (Lipinski definition) is 1. The van der Waals surface area contributed by atoms with Gasteiger partial charge in [0.1, 0.15) is 12.2 Å². The molecule has 0 fully saturated rings. The molecule has 0 atom stereocenters. The number of fused-ring (bicyclic) bond motifs is 1. The van der Waals surface area contributed by atoms with E-state index >= 15 is 0 Å². The van der Waals surface area contributed by atoms with Crippen molar-refractivity contribution in [1.29, 1.82) is 0 Å². The molecule has 0 radical (unpaired) electrons. The monoisotopic (exact) mass is 395 g/mol. The van der Waals surface area contributed by atoms with Gasteiger partial charge in [0.05, 0.1) is 18.5 Å². The van der Waals surface area contributed by atoms with E-state index in [0.717, 1.165) is 41.6 Å². The van der Waals surface area contributed by atoms with Crippen LogP contribution in [0.4, 0.5) is 0 Å². The van der Waals surface area contributed by atoms with Crippen molar-refractivity contribution in [1.82, 2.24) is 24.9 Å². The maximum Gasteiger partial charge on any atom is 0.267 e. The number of furan rings is 1. The molecular weight excluding hydrogens is 374 g/mol. The highest BCUT2D eigenvalue weighted by Gasteiger charge is 2.13. The lowest BCUT2D eigenvalue weighted by Gasteiger charge is -2.16. The Labute approximate surface area is 166 Å². The molecule has 3 aromatic rings. The van der Waals surface area contributed by atoms with Crippen LogP contribution in [0.5, 0.6) is 0 Å². The van der Waals surface area contributed by atoms with Gasteiger partial charge >= 0.3 is 0 Å². The largest absolute Gasteiger partial charge is 0.463 e. The molecule has 1 aliphatic carbocycles. The summed E-state index contributed by atoms with van der Waals surface area (Å²) >= 11 is 0. The molecule has 1 aliphatic rings. The van der Waals surface area contributed by atoms with Gasteiger partial charge in [-0.3, -0.25) is 14.4 Å². The van der Waals surface area contributed by atoms with E-state index in [9.17, 15) is 14.4 Å². The van der Waals surface area contributed by atoms with Crippen LogP contribution in [0.25, 0.3) is 11.5 Å². The van der Waals surface area contributed by atoms with Crippen LogP contribution < -0.4 is 16.4 Å². The number of rotatable bonds is 6. The van der Waals surface area contributed by atoms with Gasteiger partial charge in [-0.25, -0.2) is 9.36 Å². The molecule has 150 valence electrons. The van der Waals surface area contributed by atoms with Crippen LogP contribution in [0.3, 0.4) is 0 Å². The first-order chi connectivity index (χ1) is 14.1. The molecule has 0 aromatic carbocycles. The summed E-state index contributed by atoms with van der Waals surface area (Å²) in [6.07, 6.45) is 5.45. The van der Waals surface area contributed by atoms with Gasteiger partial charge in [0.15, 0.2) is 5.76 Å². The van der Waals surface area contributed by atoms with Gasteiger partial charge < -0.3 is 9.73 Å². The number of carbonyl (C=O) groups is 1. The summed E-state index contributed by atoms with van der Waals surface area (Å²) in [7, 11) is 0. The Bertz CT molecular complexity index is 1130. The van der Waals surface area contributed by atoms with Gasteiger partial charge in [-0.15, -0.1) is 0 Å². The predicted octanol–water partition coefficient (Wildman–Crippen LogP) is 0.755. The lowest BCUT2D eigenvalue weighted by molar-refractivity contribution is -0.121. The first-order valence-electron chi connectivity index (χ1n) is 9.59. The van der Waals surface area contributed by atoms with E-state index in [-0.39, 0.29) is 36.7 Å². The van der Waals surface area contributed by atoms with Gasteiger partial charge in [-0.1, -0.05) is 0 Å². The molecule has 4 rings (SSSR count). The fourth-order valence-corrected chi connectivity index (χ4v) is 3.37. The zero-order valence-electron chi connectivity index (χ0n) is 15.8. The van der Waals surface area contributed by atoms with Gasteiger partial charge in [0, 0.05) is 18.7 Å². The maximum atomic E-state index is 12.2. The van der Waals surface area contributed by atoms with E-state index in [1.807, 2.05) is 0 Å². The molecule has 9 nitrogen and oxygen atoms in total. The lowest BCUT2D eigenvalue weighted by atomic mass is 9.97. The van der Waals surface area contributed by atoms with Crippen LogP contribution in [-0.4, -0.2) is 32.0 Å². The minimum absolute atomic E-state index is 0.163. The third kappa shape index (κ3) is 4.34. The van der Waals surface area contributed by atoms with Gasteiger partial charge in [0.25, 0.3) is 11.1 Å². The lowest BCUT2D eigenvalue weighted by Crippen LogP contribution is -2.37. The molecule has 0 unspecified atom stereocenters. The predicted molar refractivity (Wildman–Crippen MR) is 104 cm³/mol. The summed E-state index contributed by atoms with van der Waals surface area (Å²) in [5, 5.41) is 11.3. The quantitative estimate of drug-likeness (QED) is 0.659. The molecule has 9 heteroatoms. The summed E-state index contributed by atoms with van der Waals surface area (Å²) in [5.41, 5.74) is 1.91. The number of carbonyl (C=O) groups excluding carboxylic acids is 1. The number of nitrogens with one attached hydrogen (secondary N) is 1. The van der Waals surface area contributed by atoms with Crippen molar-refractivity contribution in [2.24, 2.45) is 0 Å². The molecule has 3 heterocycles. The maximum absolute atomic E-state index is 12.2. The summed E-state index contributed by atoms with van der Waals surface area (Å²) in [6.45, 7) is 0.281. The van der Waals surface area contributed by atoms with E-state index in [1.165, 1.54) is 17.0 Å². The molecule has 0 aliphatic heterocycles. The van der Waals surface area contributed by atoms with E-state index in [2.05, 4.69) is 15.5 Å². The molecular formula is C20H21N5O4. The highest BCUT2D eigenvalue weighted by molar-refractivity contribution is 5.75. The highest BCUT2D eigenvalue weighted by Crippen LogP contribution is 2.17. The molecule has 0 spiro atoms. The van der Waals surface area contributed by atoms with Crippen molar-refractivity contribution in [2.75, 3.05) is 6.54 Å². The number of hydrogen-bond acceptors (Lipinski definition) is 6. The van der Waals surface area contributed by atoms with Crippen molar-refractivity contribution in [3.05, 3.63) is 68.6 Å². The first-order valence-corrected chi connectivity index (χ1v) is 9.59. The summed E-state index contributed by atoms with van der Waals surface area (Å²) < 4.78 is 7.73. The Morgan fingerprint density at radius 3 is 2.76 bits per heavy atom. The van der Waals surface area contributed by atoms with Crippen LogP contribution >= 0.6 is 0 Å². The third-order valence-electron chi connectivity index (χ3n) is 4.85. The van der Waals surface area contributed by atoms with E-state index < -0.39 is 0 Å². The van der Waals surface area contributed by atoms with Crippen LogP contribution in [-0.2, 0) is 30.7 Å². The second kappa shape index (κ2) is 8.26. The Balaban J connectivity index is 1.37. The standard InChI is InChI=1S/C20H21N5O4/c26-18(13-25-19(27)8-7-16(23-25)17-6-3-11-29-17)21-9-10-24-20(28)12-14-4-1-2-5-15(14)22-24/h3,6-8,11-12H,1-2,4-5,9-10,13H2,(H,21,26). The fraction of sp³-hybridized carbons (Fsp3) is 0.350. The number of nitrogens with zero attached hydrogens (tertiary/aromatic N) is 4. The van der Waals surface area contributed by atoms with Crippen LogP contribution in [0, 0.1) is 0 Å². The Morgan fingerprint density at radius 2 is 1.93 bits per heavy atom. The Morgan fingerprint density at radius 1 is 1.07 bits per heavy atom. The fourth-order valence-electron chi connectivity index (χ4n) is 3.37. The molecule has 0 bridgehead atoms. The third-order valence-corrected chi connectivity index (χ3v) is 4.85. The normalized spacial score (nSPS) is 13.1. The van der Waals surface area contributed by atoms with Gasteiger partial charge in [-0.05, 0) is 49.4 Å². The summed E-state index contributed by atoms with van der Waals surface area (Å²) in [6, 6.07) is 7.97. The van der Waals surface area contributed by atoms with Gasteiger partial charge in [0.2, 0.25) is 5.91 Å². The molecule has 1 N–H and O–H groups in total. The first kappa shape index (κ1) is 18.9. The molecule has 29 heavy (non-hydrogen) atoms. The molecule has 3 aromatic heterocycles. The number of aryl methyl sites for hydroxylation is 2. The minimum Gasteiger partial charge on any atom is -0.463 e. The SMILES string of the molecule is O=C(Cn1nc(-c2ccco2)ccc1=O)NCCn1nc2c(cc1=O)CCCC2. The van der Waals surface area contributed by atoms with Crippen molar-refractivity contribution >= 4 is 5.91 Å². The van der Waals surface area contributed by atoms with Crippen LogP contribution in [0.2, 0.25) is 0 Å². The van der Waals surface area contributed by atoms with Crippen molar-refractivity contribution in [3.63, 3.8) is 0 Å². The van der Waals surface area contributed by atoms with Crippen molar-refractivity contribution < 1.29 is 9.21 Å². The van der Waals surface area contributed by atoms with Crippen molar-refractivity contribution in [2.45, 2.75) is 38.8 Å². The zero-order chi connectivity index (χ0) is 20.2. The minimum atomic E-state index is -0.386. The molecule has 0 saturated carbocycles. The van der Waals surface area contributed by atoms with E-state index in [1.54, 1.807) is 24.3 Å². The van der Waals surface area contributed by atoms with Crippen LogP contribution in [0.15, 0.2) is 50.6 Å². The average molecular weight is 395 g/mol. The molecule has 0 saturated heterocycles. The topological polar surface area (TPSA) is 112 Å². The number of aromatic nitrogens is 4. The highest BCUT2D eigenvalue weighted by atomic mass is 16.3. The second-order valence-corrected chi connectivity index (χ2v) is 6.93. The summed E-state index contributed by atoms with van der Waals surface area (Å²) in [5.74, 6) is 0.138. The number of amides is 1. The Kier molecular flexibility index (Phi) is 5.37. The van der Waals surface area contributed by atoms with E-state index in [4.69, 9.17) is 4.42 Å². The van der Waals surface area contributed by atoms with E-state index in [0.29, 0.717) is 11.5 Å². The summed E-state index contributed by atoms with van der Waals surface area (Å²) in [4.78, 5) is 36.4. The zero-order valence-corrected chi connectivity index (χ0v) is 15.8. The van der Waals surface area contributed by atoms with Crippen LogP contribution in [0.1, 0.15) is 24.1 Å². The van der Waals surface area contributed by atoms with Gasteiger partial charge in [-0.2, -0.15) is 10.2 Å².